The Morgan fingerprint density at radius 2 is 2.02 bits per heavy atom. The standard InChI is InChI=1S/C29H45N3O6S2/c1-6-14-31(5)19-27-21(2)18-32(22(3)20-33)29(34)25-17-24(30-40(35,36)28-11-9-16-39-28)12-13-26(25)38-23(4)10-7-8-15-37-27/h9,11-13,16-17,21-23,27,30,33H,6-8,10,14-15,18-20H2,1-5H3/t21-,22-,23+,27+/m0/s1. The lowest BCUT2D eigenvalue weighted by molar-refractivity contribution is -0.0167. The third-order valence-corrected chi connectivity index (χ3v) is 9.94. The molecule has 0 unspecified atom stereocenters. The summed E-state index contributed by atoms with van der Waals surface area (Å²) in [5, 5.41) is 11.8. The molecule has 1 aliphatic rings. The zero-order chi connectivity index (χ0) is 29.3. The van der Waals surface area contributed by atoms with Crippen molar-refractivity contribution in [3.63, 3.8) is 0 Å². The lowest BCUT2D eigenvalue weighted by Gasteiger charge is -2.35. The fourth-order valence-electron chi connectivity index (χ4n) is 4.85. The third-order valence-electron chi connectivity index (χ3n) is 7.16. The number of nitrogens with zero attached hydrogens (tertiary/aromatic N) is 2. The van der Waals surface area contributed by atoms with Gasteiger partial charge in [-0.15, -0.1) is 11.3 Å². The average molecular weight is 596 g/mol. The number of carbonyl (C=O) groups is 1. The van der Waals surface area contributed by atoms with E-state index in [4.69, 9.17) is 9.47 Å². The maximum atomic E-state index is 14.1. The Morgan fingerprint density at radius 1 is 1.25 bits per heavy atom. The topological polar surface area (TPSA) is 108 Å². The van der Waals surface area contributed by atoms with Gasteiger partial charge in [0, 0.05) is 31.3 Å². The first-order valence-corrected chi connectivity index (χ1v) is 16.5. The summed E-state index contributed by atoms with van der Waals surface area (Å²) in [5.41, 5.74) is 0.522. The van der Waals surface area contributed by atoms with Crippen molar-refractivity contribution >= 4 is 33.0 Å². The van der Waals surface area contributed by atoms with Crippen LogP contribution in [0.4, 0.5) is 5.69 Å². The fourth-order valence-corrected chi connectivity index (χ4v) is 6.89. The number of ether oxygens (including phenoxy) is 2. The van der Waals surface area contributed by atoms with Gasteiger partial charge in [-0.2, -0.15) is 0 Å². The number of benzene rings is 1. The van der Waals surface area contributed by atoms with Crippen LogP contribution in [-0.4, -0.2) is 87.4 Å². The Kier molecular flexibility index (Phi) is 12.3. The predicted octanol–water partition coefficient (Wildman–Crippen LogP) is 4.69. The van der Waals surface area contributed by atoms with Crippen LogP contribution in [0, 0.1) is 5.92 Å². The van der Waals surface area contributed by atoms with Crippen LogP contribution in [0.1, 0.15) is 63.7 Å². The molecule has 0 fully saturated rings. The zero-order valence-electron chi connectivity index (χ0n) is 24.3. The summed E-state index contributed by atoms with van der Waals surface area (Å²) < 4.78 is 41.2. The van der Waals surface area contributed by atoms with E-state index in [0.29, 0.717) is 18.9 Å². The van der Waals surface area contributed by atoms with Crippen molar-refractivity contribution in [1.82, 2.24) is 9.80 Å². The van der Waals surface area contributed by atoms with Crippen LogP contribution in [0.15, 0.2) is 39.9 Å². The number of fused-ring (bicyclic) bond motifs is 1. The van der Waals surface area contributed by atoms with Crippen molar-refractivity contribution in [2.45, 2.75) is 75.8 Å². The van der Waals surface area contributed by atoms with E-state index in [0.717, 1.165) is 50.1 Å². The summed E-state index contributed by atoms with van der Waals surface area (Å²) in [6.07, 6.45) is 3.41. The second-order valence-corrected chi connectivity index (χ2v) is 13.7. The van der Waals surface area contributed by atoms with Crippen molar-refractivity contribution in [1.29, 1.82) is 0 Å². The van der Waals surface area contributed by atoms with Crippen molar-refractivity contribution in [3.05, 3.63) is 41.3 Å². The molecule has 0 saturated carbocycles. The Labute approximate surface area is 243 Å². The van der Waals surface area contributed by atoms with Crippen LogP contribution < -0.4 is 9.46 Å². The minimum absolute atomic E-state index is 0.0102. The number of rotatable bonds is 9. The maximum absolute atomic E-state index is 14.1. The highest BCUT2D eigenvalue weighted by Gasteiger charge is 2.30. The molecule has 9 nitrogen and oxygen atoms in total. The van der Waals surface area contributed by atoms with Gasteiger partial charge < -0.3 is 24.4 Å². The highest BCUT2D eigenvalue weighted by Crippen LogP contribution is 2.30. The van der Waals surface area contributed by atoms with Crippen molar-refractivity contribution in [2.75, 3.05) is 44.6 Å². The van der Waals surface area contributed by atoms with E-state index in [2.05, 4.69) is 30.5 Å². The van der Waals surface area contributed by atoms with Crippen LogP contribution in [0.25, 0.3) is 0 Å². The molecule has 0 aliphatic carbocycles. The summed E-state index contributed by atoms with van der Waals surface area (Å²) >= 11 is 1.12. The van der Waals surface area contributed by atoms with Gasteiger partial charge in [0.25, 0.3) is 15.9 Å². The molecule has 4 atom stereocenters. The van der Waals surface area contributed by atoms with E-state index in [1.165, 1.54) is 12.1 Å². The molecule has 0 saturated heterocycles. The number of anilines is 1. The van der Waals surface area contributed by atoms with Gasteiger partial charge in [-0.05, 0) is 82.8 Å². The van der Waals surface area contributed by atoms with Crippen molar-refractivity contribution in [2.24, 2.45) is 5.92 Å². The quantitative estimate of drug-likeness (QED) is 0.433. The van der Waals surface area contributed by atoms with E-state index >= 15 is 0 Å². The van der Waals surface area contributed by atoms with Crippen molar-refractivity contribution in [3.8, 4) is 5.75 Å². The van der Waals surface area contributed by atoms with Gasteiger partial charge in [0.2, 0.25) is 0 Å². The first-order chi connectivity index (χ1) is 19.1. The lowest BCUT2D eigenvalue weighted by Crippen LogP contribution is -2.47. The van der Waals surface area contributed by atoms with E-state index < -0.39 is 16.1 Å². The molecule has 3 rings (SSSR count). The maximum Gasteiger partial charge on any atom is 0.271 e. The largest absolute Gasteiger partial charge is 0.490 e. The number of sulfonamides is 1. The molecule has 11 heteroatoms. The monoisotopic (exact) mass is 595 g/mol. The predicted molar refractivity (Wildman–Crippen MR) is 160 cm³/mol. The molecule has 1 aromatic heterocycles. The highest BCUT2D eigenvalue weighted by atomic mass is 32.2. The Hall–Kier alpha value is -2.18. The Balaban J connectivity index is 1.99. The molecule has 0 bridgehead atoms. The molecule has 0 radical (unpaired) electrons. The molecule has 1 aliphatic heterocycles. The molecule has 2 heterocycles. The number of aliphatic hydroxyl groups excluding tert-OH is 1. The third kappa shape index (κ3) is 8.91. The number of carbonyl (C=O) groups excluding carboxylic acids is 1. The molecular weight excluding hydrogens is 550 g/mol. The Bertz CT molecular complexity index is 1170. The van der Waals surface area contributed by atoms with E-state index in [9.17, 15) is 18.3 Å². The molecule has 1 amide bonds. The fraction of sp³-hybridized carbons (Fsp3) is 0.621. The minimum Gasteiger partial charge on any atom is -0.490 e. The first kappa shape index (κ1) is 32.3. The van der Waals surface area contributed by atoms with Gasteiger partial charge >= 0.3 is 0 Å². The minimum atomic E-state index is -3.80. The number of hydrogen-bond acceptors (Lipinski definition) is 8. The molecule has 0 spiro atoms. The molecular formula is C29H45N3O6S2. The van der Waals surface area contributed by atoms with Gasteiger partial charge in [-0.1, -0.05) is 19.9 Å². The van der Waals surface area contributed by atoms with Gasteiger partial charge in [0.15, 0.2) is 0 Å². The van der Waals surface area contributed by atoms with E-state index in [1.54, 1.807) is 35.4 Å². The molecule has 1 aromatic carbocycles. The second-order valence-electron chi connectivity index (χ2n) is 10.8. The van der Waals surface area contributed by atoms with Gasteiger partial charge in [0.1, 0.15) is 9.96 Å². The summed E-state index contributed by atoms with van der Waals surface area (Å²) in [6.45, 7) is 10.5. The molecule has 2 aromatic rings. The average Bonchev–Trinajstić information content (AvgIpc) is 3.47. The molecule has 224 valence electrons. The Morgan fingerprint density at radius 3 is 2.70 bits per heavy atom. The van der Waals surface area contributed by atoms with Gasteiger partial charge in [-0.25, -0.2) is 8.42 Å². The number of thiophene rings is 1. The first-order valence-electron chi connectivity index (χ1n) is 14.1. The summed E-state index contributed by atoms with van der Waals surface area (Å²) in [4.78, 5) is 18.0. The number of amides is 1. The SMILES string of the molecule is CCCN(C)C[C@H]1OCCCC[C@@H](C)Oc2ccc(NS(=O)(=O)c3cccs3)cc2C(=O)N([C@@H](C)CO)C[C@@H]1C. The summed E-state index contributed by atoms with van der Waals surface area (Å²) in [6, 6.07) is 7.54. The zero-order valence-corrected chi connectivity index (χ0v) is 26.0. The van der Waals surface area contributed by atoms with E-state index in [-0.39, 0.29) is 46.1 Å². The molecule has 2 N–H and O–H groups in total. The van der Waals surface area contributed by atoms with E-state index in [1.807, 2.05) is 6.92 Å². The normalized spacial score (nSPS) is 22.3. The summed E-state index contributed by atoms with van der Waals surface area (Å²) in [5.74, 6) is 0.0569. The second kappa shape index (κ2) is 15.2. The van der Waals surface area contributed by atoms with Gasteiger partial charge in [-0.3, -0.25) is 9.52 Å². The number of nitrogens with one attached hydrogen (secondary N) is 1. The van der Waals surface area contributed by atoms with Crippen LogP contribution in [0.5, 0.6) is 5.75 Å². The highest BCUT2D eigenvalue weighted by molar-refractivity contribution is 7.94. The number of hydrogen-bond donors (Lipinski definition) is 2. The van der Waals surface area contributed by atoms with Crippen LogP contribution >= 0.6 is 11.3 Å². The van der Waals surface area contributed by atoms with Gasteiger partial charge in [0.05, 0.1) is 30.4 Å². The smallest absolute Gasteiger partial charge is 0.271 e. The lowest BCUT2D eigenvalue weighted by atomic mass is 10.0. The van der Waals surface area contributed by atoms with Crippen molar-refractivity contribution < 1.29 is 27.8 Å². The van der Waals surface area contributed by atoms with Crippen LogP contribution in [0.2, 0.25) is 0 Å². The summed E-state index contributed by atoms with van der Waals surface area (Å²) in [7, 11) is -1.72. The van der Waals surface area contributed by atoms with Crippen LogP contribution in [-0.2, 0) is 14.8 Å². The molecule has 40 heavy (non-hydrogen) atoms. The number of likely N-dealkylation sites (N-methyl/N-ethyl adjacent to an activating group) is 1. The van der Waals surface area contributed by atoms with Crippen LogP contribution in [0.3, 0.4) is 0 Å². The number of aliphatic hydroxyl groups is 1.